The minimum absolute atomic E-state index is 0.228. The van der Waals surface area contributed by atoms with Crippen LogP contribution >= 0.6 is 0 Å². The zero-order chi connectivity index (χ0) is 13.7. The average Bonchev–Trinajstić information content (AvgIpc) is 3.16. The molecule has 2 aromatic heterocycles. The number of nitrogens with zero attached hydrogens (tertiary/aromatic N) is 4. The van der Waals surface area contributed by atoms with Crippen molar-refractivity contribution in [2.24, 2.45) is 19.8 Å². The lowest BCUT2D eigenvalue weighted by atomic mass is 10.4. The molecule has 102 valence electrons. The summed E-state index contributed by atoms with van der Waals surface area (Å²) < 4.78 is 4.43. The summed E-state index contributed by atoms with van der Waals surface area (Å²) in [5.41, 5.74) is 5.75. The van der Waals surface area contributed by atoms with Gasteiger partial charge in [0.05, 0.1) is 0 Å². The van der Waals surface area contributed by atoms with E-state index in [2.05, 4.69) is 4.98 Å². The van der Waals surface area contributed by atoms with Crippen LogP contribution in [0, 0.1) is 0 Å². The molecule has 0 amide bonds. The normalized spacial score (nSPS) is 15.3. The second-order valence-corrected chi connectivity index (χ2v) is 5.06. The molecule has 0 unspecified atom stereocenters. The van der Waals surface area contributed by atoms with Gasteiger partial charge in [-0.25, -0.2) is 9.78 Å². The Balaban J connectivity index is 2.40. The SMILES string of the molecule is Cn1c(C2CC2)nc2c1c(=O)n(CCN)c(=O)n2C. The third-order valence-corrected chi connectivity index (χ3v) is 3.69. The van der Waals surface area contributed by atoms with Crippen molar-refractivity contribution in [1.29, 1.82) is 0 Å². The van der Waals surface area contributed by atoms with Crippen LogP contribution in [0.1, 0.15) is 24.6 Å². The Morgan fingerprint density at radius 1 is 1.26 bits per heavy atom. The summed E-state index contributed by atoms with van der Waals surface area (Å²) >= 11 is 0. The first-order valence-corrected chi connectivity index (χ1v) is 6.42. The van der Waals surface area contributed by atoms with Crippen LogP contribution in [-0.4, -0.2) is 25.2 Å². The number of rotatable bonds is 3. The van der Waals surface area contributed by atoms with E-state index in [0.717, 1.165) is 18.7 Å². The second-order valence-electron chi connectivity index (χ2n) is 5.06. The Labute approximate surface area is 109 Å². The number of aromatic nitrogens is 4. The van der Waals surface area contributed by atoms with E-state index in [1.165, 1.54) is 9.13 Å². The lowest BCUT2D eigenvalue weighted by molar-refractivity contribution is 0.609. The third-order valence-electron chi connectivity index (χ3n) is 3.69. The molecule has 19 heavy (non-hydrogen) atoms. The van der Waals surface area contributed by atoms with Crippen molar-refractivity contribution >= 4 is 11.2 Å². The molecule has 7 heteroatoms. The van der Waals surface area contributed by atoms with Gasteiger partial charge in [-0.1, -0.05) is 0 Å². The Kier molecular flexibility index (Phi) is 2.60. The topological polar surface area (TPSA) is 87.8 Å². The smallest absolute Gasteiger partial charge is 0.329 e. The molecule has 3 rings (SSSR count). The maximum absolute atomic E-state index is 12.4. The van der Waals surface area contributed by atoms with Crippen molar-refractivity contribution in [1.82, 2.24) is 18.7 Å². The van der Waals surface area contributed by atoms with E-state index in [4.69, 9.17) is 5.73 Å². The lowest BCUT2D eigenvalue weighted by Crippen LogP contribution is -2.41. The molecule has 0 aliphatic heterocycles. The van der Waals surface area contributed by atoms with E-state index >= 15 is 0 Å². The Bertz CT molecular complexity index is 763. The van der Waals surface area contributed by atoms with Gasteiger partial charge in [-0.05, 0) is 12.8 Å². The van der Waals surface area contributed by atoms with Gasteiger partial charge in [0.25, 0.3) is 5.56 Å². The van der Waals surface area contributed by atoms with E-state index in [1.807, 2.05) is 11.6 Å². The van der Waals surface area contributed by atoms with E-state index in [1.54, 1.807) is 7.05 Å². The van der Waals surface area contributed by atoms with Crippen LogP contribution < -0.4 is 17.0 Å². The summed E-state index contributed by atoms with van der Waals surface area (Å²) in [6.45, 7) is 0.485. The van der Waals surface area contributed by atoms with Crippen molar-refractivity contribution in [3.05, 3.63) is 26.7 Å². The second kappa shape index (κ2) is 4.06. The fourth-order valence-corrected chi connectivity index (χ4v) is 2.49. The molecule has 0 saturated heterocycles. The molecule has 0 spiro atoms. The van der Waals surface area contributed by atoms with Crippen molar-refractivity contribution in [2.45, 2.75) is 25.3 Å². The first kappa shape index (κ1) is 12.2. The van der Waals surface area contributed by atoms with Crippen LogP contribution in [0.15, 0.2) is 9.59 Å². The van der Waals surface area contributed by atoms with Crippen LogP contribution in [0.25, 0.3) is 11.2 Å². The molecular formula is C12H17N5O2. The Morgan fingerprint density at radius 2 is 1.95 bits per heavy atom. The molecule has 1 aliphatic carbocycles. The number of nitrogens with two attached hydrogens (primary N) is 1. The molecule has 1 fully saturated rings. The molecule has 0 bridgehead atoms. The van der Waals surface area contributed by atoms with Crippen LogP contribution in [0.5, 0.6) is 0 Å². The van der Waals surface area contributed by atoms with Gasteiger partial charge in [0.2, 0.25) is 0 Å². The first-order valence-electron chi connectivity index (χ1n) is 6.42. The number of aryl methyl sites for hydroxylation is 2. The molecule has 0 aromatic carbocycles. The summed E-state index contributed by atoms with van der Waals surface area (Å²) in [6.07, 6.45) is 2.20. The fourth-order valence-electron chi connectivity index (χ4n) is 2.49. The summed E-state index contributed by atoms with van der Waals surface area (Å²) in [5.74, 6) is 1.32. The summed E-state index contributed by atoms with van der Waals surface area (Å²) in [4.78, 5) is 29.0. The van der Waals surface area contributed by atoms with Crippen LogP contribution in [0.3, 0.4) is 0 Å². The number of hydrogen-bond acceptors (Lipinski definition) is 4. The average molecular weight is 263 g/mol. The van der Waals surface area contributed by atoms with Gasteiger partial charge >= 0.3 is 5.69 Å². The summed E-state index contributed by atoms with van der Waals surface area (Å²) in [7, 11) is 3.47. The fraction of sp³-hybridized carbons (Fsp3) is 0.583. The minimum Gasteiger partial charge on any atom is -0.329 e. The third kappa shape index (κ3) is 1.65. The number of fused-ring (bicyclic) bond motifs is 1. The zero-order valence-corrected chi connectivity index (χ0v) is 11.1. The molecule has 1 aliphatic rings. The zero-order valence-electron chi connectivity index (χ0n) is 11.1. The van der Waals surface area contributed by atoms with E-state index < -0.39 is 0 Å². The molecular weight excluding hydrogens is 246 g/mol. The van der Waals surface area contributed by atoms with Crippen LogP contribution in [0.2, 0.25) is 0 Å². The molecule has 0 atom stereocenters. The molecule has 2 N–H and O–H groups in total. The molecule has 1 saturated carbocycles. The van der Waals surface area contributed by atoms with Gasteiger partial charge in [-0.2, -0.15) is 0 Å². The van der Waals surface area contributed by atoms with Gasteiger partial charge < -0.3 is 10.3 Å². The van der Waals surface area contributed by atoms with Gasteiger partial charge in [0.1, 0.15) is 5.82 Å². The monoisotopic (exact) mass is 263 g/mol. The highest BCUT2D eigenvalue weighted by Gasteiger charge is 2.30. The largest absolute Gasteiger partial charge is 0.332 e. The van der Waals surface area contributed by atoms with Gasteiger partial charge in [-0.15, -0.1) is 0 Å². The highest BCUT2D eigenvalue weighted by Crippen LogP contribution is 2.39. The predicted molar refractivity (Wildman–Crippen MR) is 71.2 cm³/mol. The van der Waals surface area contributed by atoms with Crippen molar-refractivity contribution < 1.29 is 0 Å². The van der Waals surface area contributed by atoms with E-state index in [9.17, 15) is 9.59 Å². The first-order chi connectivity index (χ1) is 9.06. The highest BCUT2D eigenvalue weighted by molar-refractivity contribution is 5.71. The number of hydrogen-bond donors (Lipinski definition) is 1. The van der Waals surface area contributed by atoms with Crippen molar-refractivity contribution in [3.8, 4) is 0 Å². The van der Waals surface area contributed by atoms with Crippen molar-refractivity contribution in [2.75, 3.05) is 6.54 Å². The lowest BCUT2D eigenvalue weighted by Gasteiger charge is -2.07. The van der Waals surface area contributed by atoms with Crippen LogP contribution in [0.4, 0.5) is 0 Å². The molecule has 2 aromatic rings. The van der Waals surface area contributed by atoms with Gasteiger partial charge in [-0.3, -0.25) is 13.9 Å². The van der Waals surface area contributed by atoms with E-state index in [0.29, 0.717) is 17.1 Å². The summed E-state index contributed by atoms with van der Waals surface area (Å²) in [6, 6.07) is 0. The van der Waals surface area contributed by atoms with E-state index in [-0.39, 0.29) is 24.3 Å². The molecule has 2 heterocycles. The Hall–Kier alpha value is -1.89. The Morgan fingerprint density at radius 3 is 2.53 bits per heavy atom. The highest BCUT2D eigenvalue weighted by atomic mass is 16.2. The minimum atomic E-state index is -0.358. The van der Waals surface area contributed by atoms with Crippen molar-refractivity contribution in [3.63, 3.8) is 0 Å². The predicted octanol–water partition coefficient (Wildman–Crippen LogP) is -0.730. The standard InChI is InChI=1S/C12H17N5O2/c1-15-8-10(14-9(15)7-3-4-7)16(2)12(19)17(6-5-13)11(8)18/h7H,3-6,13H2,1-2H3. The maximum Gasteiger partial charge on any atom is 0.332 e. The van der Waals surface area contributed by atoms with Crippen LogP contribution in [-0.2, 0) is 20.6 Å². The maximum atomic E-state index is 12.4. The summed E-state index contributed by atoms with van der Waals surface area (Å²) in [5, 5.41) is 0. The number of imidazole rings is 1. The molecule has 7 nitrogen and oxygen atoms in total. The van der Waals surface area contributed by atoms with Gasteiger partial charge in [0, 0.05) is 33.1 Å². The molecule has 0 radical (unpaired) electrons. The van der Waals surface area contributed by atoms with Gasteiger partial charge in [0.15, 0.2) is 11.2 Å². The quantitative estimate of drug-likeness (QED) is 0.790.